The van der Waals surface area contributed by atoms with Gasteiger partial charge in [-0.1, -0.05) is 25.5 Å². The molecular weight excluding hydrogens is 284 g/mol. The van der Waals surface area contributed by atoms with Crippen LogP contribution in [0.1, 0.15) is 18.9 Å². The minimum atomic E-state index is -3.10. The summed E-state index contributed by atoms with van der Waals surface area (Å²) in [5.74, 6) is -2.00. The fourth-order valence-corrected chi connectivity index (χ4v) is 2.10. The molecule has 0 amide bonds. The highest BCUT2D eigenvalue weighted by molar-refractivity contribution is 5.66. The maximum Gasteiger partial charge on any atom is 0.387 e. The maximum absolute atomic E-state index is 13.9. The van der Waals surface area contributed by atoms with E-state index in [0.29, 0.717) is 0 Å². The van der Waals surface area contributed by atoms with Crippen LogP contribution in [0.3, 0.4) is 0 Å². The Kier molecular flexibility index (Phi) is 4.83. The Morgan fingerprint density at radius 2 is 1.76 bits per heavy atom. The molecular formula is C16H14F4O. The number of aryl methyl sites for hydroxylation is 1. The molecule has 1 nitrogen and oxygen atoms in total. The molecule has 5 heteroatoms. The van der Waals surface area contributed by atoms with Crippen molar-refractivity contribution in [3.63, 3.8) is 0 Å². The number of benzene rings is 2. The fourth-order valence-electron chi connectivity index (χ4n) is 2.10. The van der Waals surface area contributed by atoms with E-state index in [9.17, 15) is 17.6 Å². The average molecular weight is 298 g/mol. The van der Waals surface area contributed by atoms with Crippen LogP contribution in [0.15, 0.2) is 36.4 Å². The molecule has 2 aromatic carbocycles. The third-order valence-corrected chi connectivity index (χ3v) is 3.03. The van der Waals surface area contributed by atoms with Gasteiger partial charge in [-0.25, -0.2) is 8.78 Å². The van der Waals surface area contributed by atoms with E-state index in [1.165, 1.54) is 12.1 Å². The van der Waals surface area contributed by atoms with Gasteiger partial charge in [0.15, 0.2) is 11.6 Å². The molecule has 0 aromatic heterocycles. The Labute approximate surface area is 120 Å². The van der Waals surface area contributed by atoms with E-state index in [4.69, 9.17) is 0 Å². The highest BCUT2D eigenvalue weighted by atomic mass is 19.3. The van der Waals surface area contributed by atoms with Gasteiger partial charge in [0.25, 0.3) is 0 Å². The molecule has 0 bridgehead atoms. The molecule has 2 aromatic rings. The Morgan fingerprint density at radius 3 is 2.38 bits per heavy atom. The molecule has 0 aliphatic carbocycles. The number of alkyl halides is 2. The summed E-state index contributed by atoms with van der Waals surface area (Å²) in [6.45, 7) is -1.10. The van der Waals surface area contributed by atoms with E-state index in [1.807, 2.05) is 6.92 Å². The van der Waals surface area contributed by atoms with Crippen molar-refractivity contribution in [2.75, 3.05) is 0 Å². The number of ether oxygens (including phenoxy) is 1. The topological polar surface area (TPSA) is 9.23 Å². The molecule has 0 N–H and O–H groups in total. The molecule has 0 unspecified atom stereocenters. The van der Waals surface area contributed by atoms with E-state index in [0.717, 1.165) is 30.5 Å². The molecule has 0 atom stereocenters. The van der Waals surface area contributed by atoms with E-state index in [-0.39, 0.29) is 11.1 Å². The molecule has 112 valence electrons. The lowest BCUT2D eigenvalue weighted by Crippen LogP contribution is -2.03. The van der Waals surface area contributed by atoms with Crippen molar-refractivity contribution in [1.29, 1.82) is 0 Å². The second-order valence-electron chi connectivity index (χ2n) is 4.59. The summed E-state index contributed by atoms with van der Waals surface area (Å²) in [4.78, 5) is 0. The average Bonchev–Trinajstić information content (AvgIpc) is 2.43. The van der Waals surface area contributed by atoms with Crippen LogP contribution in [-0.2, 0) is 6.42 Å². The molecule has 0 saturated heterocycles. The molecule has 0 heterocycles. The normalized spacial score (nSPS) is 11.0. The van der Waals surface area contributed by atoms with Crippen molar-refractivity contribution in [2.24, 2.45) is 0 Å². The Bertz CT molecular complexity index is 626. The van der Waals surface area contributed by atoms with Gasteiger partial charge in [0.2, 0.25) is 0 Å². The maximum atomic E-state index is 13.9. The van der Waals surface area contributed by atoms with E-state index >= 15 is 0 Å². The Morgan fingerprint density at radius 1 is 1.00 bits per heavy atom. The summed E-state index contributed by atoms with van der Waals surface area (Å²) in [5.41, 5.74) is 1.45. The van der Waals surface area contributed by atoms with Crippen LogP contribution in [0.25, 0.3) is 11.1 Å². The van der Waals surface area contributed by atoms with Crippen LogP contribution in [-0.4, -0.2) is 6.61 Å². The van der Waals surface area contributed by atoms with Gasteiger partial charge < -0.3 is 4.74 Å². The summed E-state index contributed by atoms with van der Waals surface area (Å²) in [5, 5.41) is 0. The van der Waals surface area contributed by atoms with Crippen molar-refractivity contribution < 1.29 is 22.3 Å². The minimum Gasteiger partial charge on any atom is -0.432 e. The SMILES string of the molecule is CCCc1ccc(F)c(-c2ccc(OC(F)F)c(F)c2)c1. The summed E-state index contributed by atoms with van der Waals surface area (Å²) in [7, 11) is 0. The van der Waals surface area contributed by atoms with Crippen LogP contribution in [0.5, 0.6) is 5.75 Å². The summed E-state index contributed by atoms with van der Waals surface area (Å²) in [6, 6.07) is 8.06. The molecule has 21 heavy (non-hydrogen) atoms. The molecule has 0 saturated carbocycles. The molecule has 0 radical (unpaired) electrons. The van der Waals surface area contributed by atoms with E-state index in [1.54, 1.807) is 12.1 Å². The zero-order valence-electron chi connectivity index (χ0n) is 11.4. The van der Waals surface area contributed by atoms with Gasteiger partial charge in [-0.3, -0.25) is 0 Å². The van der Waals surface area contributed by atoms with E-state index in [2.05, 4.69) is 4.74 Å². The van der Waals surface area contributed by atoms with Gasteiger partial charge in [-0.05, 0) is 41.8 Å². The molecule has 2 rings (SSSR count). The van der Waals surface area contributed by atoms with Crippen molar-refractivity contribution in [2.45, 2.75) is 26.4 Å². The highest BCUT2D eigenvalue weighted by Gasteiger charge is 2.13. The van der Waals surface area contributed by atoms with Crippen LogP contribution in [0.2, 0.25) is 0 Å². The van der Waals surface area contributed by atoms with Gasteiger partial charge in [0, 0.05) is 5.56 Å². The van der Waals surface area contributed by atoms with Gasteiger partial charge >= 0.3 is 6.61 Å². The fraction of sp³-hybridized carbons (Fsp3) is 0.250. The smallest absolute Gasteiger partial charge is 0.387 e. The lowest BCUT2D eigenvalue weighted by Gasteiger charge is -2.09. The lowest BCUT2D eigenvalue weighted by molar-refractivity contribution is -0.0521. The third kappa shape index (κ3) is 3.74. The lowest BCUT2D eigenvalue weighted by atomic mass is 10.0. The van der Waals surface area contributed by atoms with Crippen molar-refractivity contribution in [1.82, 2.24) is 0 Å². The zero-order chi connectivity index (χ0) is 15.4. The predicted molar refractivity (Wildman–Crippen MR) is 72.4 cm³/mol. The van der Waals surface area contributed by atoms with Gasteiger partial charge in [-0.15, -0.1) is 0 Å². The van der Waals surface area contributed by atoms with Crippen molar-refractivity contribution in [3.05, 3.63) is 53.6 Å². The first-order chi connectivity index (χ1) is 10.0. The number of hydrogen-bond donors (Lipinski definition) is 0. The van der Waals surface area contributed by atoms with Gasteiger partial charge in [0.05, 0.1) is 0 Å². The molecule has 0 spiro atoms. The molecule has 0 aliphatic heterocycles. The standard InChI is InChI=1S/C16H14F4O/c1-2-3-10-4-6-13(17)12(8-10)11-5-7-15(14(18)9-11)21-16(19)20/h4-9,16H,2-3H2,1H3. The van der Waals surface area contributed by atoms with Gasteiger partial charge in [0.1, 0.15) is 5.82 Å². The highest BCUT2D eigenvalue weighted by Crippen LogP contribution is 2.29. The quantitative estimate of drug-likeness (QED) is 0.691. The first kappa shape index (κ1) is 15.4. The molecule has 0 aliphatic rings. The van der Waals surface area contributed by atoms with Crippen LogP contribution >= 0.6 is 0 Å². The third-order valence-electron chi connectivity index (χ3n) is 3.03. The summed E-state index contributed by atoms with van der Waals surface area (Å²) >= 11 is 0. The second kappa shape index (κ2) is 6.61. The summed E-state index contributed by atoms with van der Waals surface area (Å²) in [6.07, 6.45) is 1.68. The second-order valence-corrected chi connectivity index (χ2v) is 4.59. The van der Waals surface area contributed by atoms with Crippen LogP contribution in [0.4, 0.5) is 17.6 Å². The van der Waals surface area contributed by atoms with Crippen LogP contribution < -0.4 is 4.74 Å². The van der Waals surface area contributed by atoms with Crippen LogP contribution in [0, 0.1) is 11.6 Å². The predicted octanol–water partition coefficient (Wildman–Crippen LogP) is 5.19. The van der Waals surface area contributed by atoms with Gasteiger partial charge in [-0.2, -0.15) is 8.78 Å². The minimum absolute atomic E-state index is 0.239. The molecule has 0 fully saturated rings. The Balaban J connectivity index is 2.38. The summed E-state index contributed by atoms with van der Waals surface area (Å²) < 4.78 is 55.7. The monoisotopic (exact) mass is 298 g/mol. The zero-order valence-corrected chi connectivity index (χ0v) is 11.4. The van der Waals surface area contributed by atoms with E-state index < -0.39 is 24.0 Å². The van der Waals surface area contributed by atoms with Crippen molar-refractivity contribution >= 4 is 0 Å². The number of hydrogen-bond acceptors (Lipinski definition) is 1. The largest absolute Gasteiger partial charge is 0.432 e. The first-order valence-corrected chi connectivity index (χ1v) is 6.54. The number of rotatable bonds is 5. The van der Waals surface area contributed by atoms with Crippen molar-refractivity contribution in [3.8, 4) is 16.9 Å². The Hall–Kier alpha value is -2.04. The number of halogens is 4. The first-order valence-electron chi connectivity index (χ1n) is 6.54.